The van der Waals surface area contributed by atoms with E-state index >= 15 is 0 Å². The molecule has 1 unspecified atom stereocenters. The third kappa shape index (κ3) is 3.52. The summed E-state index contributed by atoms with van der Waals surface area (Å²) in [5.74, 6) is -0.998. The molecule has 0 radical (unpaired) electrons. The Morgan fingerprint density at radius 3 is 2.48 bits per heavy atom. The molecule has 0 aromatic heterocycles. The molecule has 1 atom stereocenters. The Morgan fingerprint density at radius 2 is 2.00 bits per heavy atom. The number of hydrogen-bond acceptors (Lipinski definition) is 6. The van der Waals surface area contributed by atoms with Crippen LogP contribution < -0.4 is 16.2 Å². The minimum absolute atomic E-state index is 0.0454. The lowest BCUT2D eigenvalue weighted by atomic mass is 10.2. The van der Waals surface area contributed by atoms with Gasteiger partial charge < -0.3 is 11.5 Å². The molecule has 0 bridgehead atoms. The van der Waals surface area contributed by atoms with Gasteiger partial charge in [0.2, 0.25) is 15.9 Å². The average Bonchev–Trinajstić information content (AvgIpc) is 2.67. The van der Waals surface area contributed by atoms with Gasteiger partial charge in [-0.05, 0) is 24.6 Å². The van der Waals surface area contributed by atoms with E-state index in [1.807, 2.05) is 0 Å². The predicted molar refractivity (Wildman–Crippen MR) is 76.8 cm³/mol. The van der Waals surface area contributed by atoms with E-state index < -0.39 is 31.8 Å². The van der Waals surface area contributed by atoms with Gasteiger partial charge in [-0.15, -0.1) is 0 Å². The fourth-order valence-corrected chi connectivity index (χ4v) is 5.28. The summed E-state index contributed by atoms with van der Waals surface area (Å²) in [6.07, 6.45) is 0.223. The van der Waals surface area contributed by atoms with Crippen molar-refractivity contribution in [2.75, 3.05) is 17.2 Å². The SMILES string of the molecule is NC(=O)c1ccc(S(=O)(=O)NC2CCS(=O)(=O)C2)c(N)c1. The largest absolute Gasteiger partial charge is 0.398 e. The van der Waals surface area contributed by atoms with Crippen LogP contribution in [0.25, 0.3) is 0 Å². The molecule has 1 amide bonds. The molecule has 0 spiro atoms. The van der Waals surface area contributed by atoms with Crippen LogP contribution in [0.5, 0.6) is 0 Å². The Hall–Kier alpha value is -1.65. The van der Waals surface area contributed by atoms with Gasteiger partial charge in [-0.1, -0.05) is 0 Å². The number of nitrogen functional groups attached to an aromatic ring is 1. The number of sulfonamides is 1. The van der Waals surface area contributed by atoms with Crippen molar-refractivity contribution in [1.29, 1.82) is 0 Å². The Morgan fingerprint density at radius 1 is 1.33 bits per heavy atom. The number of carbonyl (C=O) groups excluding carboxylic acids is 1. The minimum atomic E-state index is -3.96. The van der Waals surface area contributed by atoms with Crippen LogP contribution in [-0.2, 0) is 19.9 Å². The molecule has 1 aliphatic heterocycles. The third-order valence-corrected chi connectivity index (χ3v) is 6.50. The van der Waals surface area contributed by atoms with Crippen LogP contribution in [0.1, 0.15) is 16.8 Å². The topological polar surface area (TPSA) is 149 Å². The fraction of sp³-hybridized carbons (Fsp3) is 0.364. The molecule has 1 aliphatic rings. The Bertz CT molecular complexity index is 786. The van der Waals surface area contributed by atoms with Gasteiger partial charge in [0.05, 0.1) is 17.2 Å². The van der Waals surface area contributed by atoms with Gasteiger partial charge in [0.15, 0.2) is 9.84 Å². The molecule has 116 valence electrons. The zero-order chi connectivity index (χ0) is 15.8. The van der Waals surface area contributed by atoms with Gasteiger partial charge in [-0.2, -0.15) is 0 Å². The van der Waals surface area contributed by atoms with Crippen molar-refractivity contribution in [3.63, 3.8) is 0 Å². The molecule has 21 heavy (non-hydrogen) atoms. The third-order valence-electron chi connectivity index (χ3n) is 3.14. The highest BCUT2D eigenvalue weighted by atomic mass is 32.2. The normalized spacial score (nSPS) is 21.2. The van der Waals surface area contributed by atoms with Crippen LogP contribution in [0, 0.1) is 0 Å². The minimum Gasteiger partial charge on any atom is -0.398 e. The number of nitrogens with one attached hydrogen (secondary N) is 1. The highest BCUT2D eigenvalue weighted by Crippen LogP contribution is 2.21. The number of hydrogen-bond donors (Lipinski definition) is 3. The Labute approximate surface area is 122 Å². The first-order chi connectivity index (χ1) is 9.61. The molecule has 1 aromatic carbocycles. The number of primary amides is 1. The highest BCUT2D eigenvalue weighted by Gasteiger charge is 2.32. The molecule has 2 rings (SSSR count). The standard InChI is InChI=1S/C11H15N3O5S2/c12-9-5-7(11(13)15)1-2-10(9)21(18,19)14-8-3-4-20(16,17)6-8/h1-2,5,8,14H,3-4,6,12H2,(H2,13,15). The van der Waals surface area contributed by atoms with E-state index in [0.29, 0.717) is 0 Å². The van der Waals surface area contributed by atoms with Crippen LogP contribution in [-0.4, -0.2) is 40.3 Å². The van der Waals surface area contributed by atoms with Gasteiger partial charge >= 0.3 is 0 Å². The van der Waals surface area contributed by atoms with Crippen LogP contribution in [0.4, 0.5) is 5.69 Å². The maximum absolute atomic E-state index is 12.2. The highest BCUT2D eigenvalue weighted by molar-refractivity contribution is 7.92. The van der Waals surface area contributed by atoms with E-state index in [1.165, 1.54) is 18.2 Å². The summed E-state index contributed by atoms with van der Waals surface area (Å²) in [4.78, 5) is 10.8. The number of amides is 1. The zero-order valence-electron chi connectivity index (χ0n) is 10.9. The number of anilines is 1. The lowest BCUT2D eigenvalue weighted by molar-refractivity contribution is 0.1000. The summed E-state index contributed by atoms with van der Waals surface area (Å²) in [6.45, 7) is 0. The van der Waals surface area contributed by atoms with Crippen LogP contribution in [0.3, 0.4) is 0 Å². The average molecular weight is 333 g/mol. The van der Waals surface area contributed by atoms with Crippen molar-refractivity contribution in [3.8, 4) is 0 Å². The predicted octanol–water partition coefficient (Wildman–Crippen LogP) is -1.17. The molecular formula is C11H15N3O5S2. The number of nitrogens with two attached hydrogens (primary N) is 2. The molecule has 1 heterocycles. The van der Waals surface area contributed by atoms with Gasteiger partial charge in [-0.3, -0.25) is 4.79 Å². The first-order valence-electron chi connectivity index (χ1n) is 6.03. The zero-order valence-corrected chi connectivity index (χ0v) is 12.6. The first kappa shape index (κ1) is 15.7. The van der Waals surface area contributed by atoms with E-state index in [9.17, 15) is 21.6 Å². The second-order valence-corrected chi connectivity index (χ2v) is 8.75. The van der Waals surface area contributed by atoms with Gasteiger partial charge in [-0.25, -0.2) is 21.6 Å². The monoisotopic (exact) mass is 333 g/mol. The number of benzene rings is 1. The number of rotatable bonds is 4. The summed E-state index contributed by atoms with van der Waals surface area (Å²) >= 11 is 0. The summed E-state index contributed by atoms with van der Waals surface area (Å²) in [5, 5.41) is 0. The maximum Gasteiger partial charge on any atom is 0.248 e. The molecule has 10 heteroatoms. The van der Waals surface area contributed by atoms with Crippen molar-refractivity contribution in [1.82, 2.24) is 4.72 Å². The molecule has 1 fully saturated rings. The van der Waals surface area contributed by atoms with E-state index in [1.54, 1.807) is 0 Å². The Balaban J connectivity index is 2.26. The molecule has 0 aliphatic carbocycles. The first-order valence-corrected chi connectivity index (χ1v) is 9.33. The van der Waals surface area contributed by atoms with E-state index in [2.05, 4.69) is 4.72 Å². The summed E-state index contributed by atoms with van der Waals surface area (Å²) < 4.78 is 49.4. The van der Waals surface area contributed by atoms with Crippen molar-refractivity contribution in [2.24, 2.45) is 5.73 Å². The van der Waals surface area contributed by atoms with E-state index in [-0.39, 0.29) is 34.1 Å². The summed E-state index contributed by atoms with van der Waals surface area (Å²) in [6, 6.07) is 2.91. The molecular weight excluding hydrogens is 318 g/mol. The summed E-state index contributed by atoms with van der Waals surface area (Å²) in [7, 11) is -7.16. The van der Waals surface area contributed by atoms with E-state index in [0.717, 1.165) is 0 Å². The van der Waals surface area contributed by atoms with Crippen molar-refractivity contribution >= 4 is 31.5 Å². The van der Waals surface area contributed by atoms with E-state index in [4.69, 9.17) is 11.5 Å². The van der Waals surface area contributed by atoms with Crippen LogP contribution in [0.2, 0.25) is 0 Å². The summed E-state index contributed by atoms with van der Waals surface area (Å²) in [5.41, 5.74) is 10.7. The van der Waals surface area contributed by atoms with Crippen molar-refractivity contribution < 1.29 is 21.6 Å². The molecule has 5 N–H and O–H groups in total. The molecule has 0 saturated carbocycles. The number of sulfone groups is 1. The van der Waals surface area contributed by atoms with Crippen LogP contribution >= 0.6 is 0 Å². The van der Waals surface area contributed by atoms with Crippen LogP contribution in [0.15, 0.2) is 23.1 Å². The molecule has 1 saturated heterocycles. The second kappa shape index (κ2) is 5.28. The maximum atomic E-state index is 12.2. The fourth-order valence-electron chi connectivity index (χ4n) is 2.12. The molecule has 1 aromatic rings. The quantitative estimate of drug-likeness (QED) is 0.591. The smallest absolute Gasteiger partial charge is 0.248 e. The van der Waals surface area contributed by atoms with Crippen molar-refractivity contribution in [2.45, 2.75) is 17.4 Å². The van der Waals surface area contributed by atoms with Gasteiger partial charge in [0, 0.05) is 11.6 Å². The van der Waals surface area contributed by atoms with Crippen molar-refractivity contribution in [3.05, 3.63) is 23.8 Å². The van der Waals surface area contributed by atoms with Gasteiger partial charge in [0.1, 0.15) is 4.90 Å². The lowest BCUT2D eigenvalue weighted by Gasteiger charge is -2.13. The second-order valence-electron chi connectivity index (χ2n) is 4.84. The van der Waals surface area contributed by atoms with Gasteiger partial charge in [0.25, 0.3) is 0 Å². The molecule has 8 nitrogen and oxygen atoms in total. The lowest BCUT2D eigenvalue weighted by Crippen LogP contribution is -2.36. The number of carbonyl (C=O) groups is 1. The Kier molecular flexibility index (Phi) is 3.95.